The molecule has 0 amide bonds. The number of thiazole rings is 1. The lowest BCUT2D eigenvalue weighted by molar-refractivity contribution is 0.0600. The maximum atomic E-state index is 11.4. The molecule has 2 N–H and O–H groups in total. The normalized spacial score (nSPS) is 10.4. The summed E-state index contributed by atoms with van der Waals surface area (Å²) in [6.07, 6.45) is 0. The van der Waals surface area contributed by atoms with Gasteiger partial charge >= 0.3 is 5.97 Å². The van der Waals surface area contributed by atoms with Crippen LogP contribution < -0.4 is 5.73 Å². The molecule has 19 heavy (non-hydrogen) atoms. The van der Waals surface area contributed by atoms with Crippen LogP contribution in [0.2, 0.25) is 0 Å². The Morgan fingerprint density at radius 3 is 2.95 bits per heavy atom. The number of methoxy groups -OCH3 is 1. The van der Waals surface area contributed by atoms with E-state index in [2.05, 4.69) is 4.98 Å². The van der Waals surface area contributed by atoms with Crippen molar-refractivity contribution in [2.45, 2.75) is 16.9 Å². The first-order valence-corrected chi connectivity index (χ1v) is 7.43. The number of aryl methyl sites for hydroxylation is 1. The number of nitrogen functional groups attached to an aromatic ring is 1. The molecule has 0 aliphatic heterocycles. The van der Waals surface area contributed by atoms with Crippen LogP contribution in [0.15, 0.2) is 28.5 Å². The van der Waals surface area contributed by atoms with Gasteiger partial charge in [0.2, 0.25) is 0 Å². The van der Waals surface area contributed by atoms with E-state index in [1.165, 1.54) is 18.4 Å². The monoisotopic (exact) mass is 294 g/mol. The van der Waals surface area contributed by atoms with Crippen LogP contribution in [0.25, 0.3) is 0 Å². The number of carbonyl (C=O) groups is 1. The number of nitrogens with two attached hydrogens (primary N) is 1. The van der Waals surface area contributed by atoms with Gasteiger partial charge in [-0.25, -0.2) is 9.78 Å². The predicted octanol–water partition coefficient (Wildman–Crippen LogP) is 3.11. The quantitative estimate of drug-likeness (QED) is 0.693. The fourth-order valence-electron chi connectivity index (χ4n) is 1.59. The highest BCUT2D eigenvalue weighted by Crippen LogP contribution is 2.32. The molecule has 6 heteroatoms. The van der Waals surface area contributed by atoms with Crippen molar-refractivity contribution in [2.24, 2.45) is 0 Å². The second kappa shape index (κ2) is 6.08. The number of anilines is 1. The van der Waals surface area contributed by atoms with E-state index >= 15 is 0 Å². The fourth-order valence-corrected chi connectivity index (χ4v) is 3.56. The summed E-state index contributed by atoms with van der Waals surface area (Å²) < 4.78 is 5.82. The largest absolute Gasteiger partial charge is 0.465 e. The molecule has 0 spiro atoms. The number of hydrogen-bond acceptors (Lipinski definition) is 6. The van der Waals surface area contributed by atoms with Crippen LogP contribution in [0.3, 0.4) is 0 Å². The van der Waals surface area contributed by atoms with Crippen molar-refractivity contribution in [3.63, 3.8) is 0 Å². The van der Waals surface area contributed by atoms with Gasteiger partial charge in [0.05, 0.1) is 22.6 Å². The van der Waals surface area contributed by atoms with Crippen LogP contribution in [0, 0.1) is 6.92 Å². The molecule has 0 unspecified atom stereocenters. The van der Waals surface area contributed by atoms with Crippen molar-refractivity contribution in [1.82, 2.24) is 4.98 Å². The minimum absolute atomic E-state index is 0.315. The van der Waals surface area contributed by atoms with E-state index in [4.69, 9.17) is 10.5 Å². The third-order valence-electron chi connectivity index (χ3n) is 2.49. The molecule has 1 aromatic heterocycles. The van der Waals surface area contributed by atoms with Crippen molar-refractivity contribution in [2.75, 3.05) is 12.8 Å². The highest BCUT2D eigenvalue weighted by molar-refractivity contribution is 8.00. The van der Waals surface area contributed by atoms with Gasteiger partial charge < -0.3 is 10.5 Å². The third-order valence-corrected chi connectivity index (χ3v) is 4.91. The van der Waals surface area contributed by atoms with Crippen molar-refractivity contribution in [3.8, 4) is 0 Å². The molecule has 0 radical (unpaired) electrons. The summed E-state index contributed by atoms with van der Waals surface area (Å²) in [5, 5.41) is 0.586. The molecule has 100 valence electrons. The first-order valence-electron chi connectivity index (χ1n) is 5.63. The van der Waals surface area contributed by atoms with Crippen LogP contribution in [0.5, 0.6) is 0 Å². The Morgan fingerprint density at radius 2 is 2.32 bits per heavy atom. The minimum Gasteiger partial charge on any atom is -0.465 e. The maximum Gasteiger partial charge on any atom is 0.337 e. The van der Waals surface area contributed by atoms with Gasteiger partial charge in [0.25, 0.3) is 0 Å². The highest BCUT2D eigenvalue weighted by Gasteiger charge is 2.08. The average molecular weight is 294 g/mol. The third kappa shape index (κ3) is 3.48. The zero-order chi connectivity index (χ0) is 13.8. The van der Waals surface area contributed by atoms with E-state index in [0.717, 1.165) is 21.2 Å². The smallest absolute Gasteiger partial charge is 0.337 e. The fraction of sp³-hybridized carbons (Fsp3) is 0.231. The van der Waals surface area contributed by atoms with E-state index in [1.807, 2.05) is 25.1 Å². The molecule has 0 aliphatic carbocycles. The number of esters is 1. The maximum absolute atomic E-state index is 11.4. The van der Waals surface area contributed by atoms with Crippen LogP contribution >= 0.6 is 23.1 Å². The topological polar surface area (TPSA) is 65.2 Å². The van der Waals surface area contributed by atoms with Crippen LogP contribution in [-0.4, -0.2) is 18.1 Å². The number of nitrogens with zero attached hydrogens (tertiary/aromatic N) is 1. The standard InChI is InChI=1S/C13H14N2O2S2/c1-8-12(19-13(14)15-8)18-7-9-4-3-5-10(6-9)11(16)17-2/h3-6H,7H2,1-2H3,(H2,14,15). The van der Waals surface area contributed by atoms with Crippen molar-refractivity contribution >= 4 is 34.2 Å². The summed E-state index contributed by atoms with van der Waals surface area (Å²) in [4.78, 5) is 15.6. The van der Waals surface area contributed by atoms with Crippen LogP contribution in [-0.2, 0) is 10.5 Å². The Balaban J connectivity index is 2.07. The number of aromatic nitrogens is 1. The van der Waals surface area contributed by atoms with Crippen molar-refractivity contribution < 1.29 is 9.53 Å². The van der Waals surface area contributed by atoms with Crippen molar-refractivity contribution in [3.05, 3.63) is 41.1 Å². The molecule has 1 heterocycles. The Labute approximate surface area is 120 Å². The number of carbonyl (C=O) groups excluding carboxylic acids is 1. The Morgan fingerprint density at radius 1 is 1.53 bits per heavy atom. The summed E-state index contributed by atoms with van der Waals surface area (Å²) in [5.74, 6) is 0.456. The number of rotatable bonds is 4. The Bertz CT molecular complexity index is 596. The molecular formula is C13H14N2O2S2. The van der Waals surface area contributed by atoms with Gasteiger partial charge in [-0.3, -0.25) is 0 Å². The van der Waals surface area contributed by atoms with Gasteiger partial charge in [0.1, 0.15) is 0 Å². The Hall–Kier alpha value is -1.53. The first-order chi connectivity index (χ1) is 9.10. The second-order valence-corrected chi connectivity index (χ2v) is 6.18. The average Bonchev–Trinajstić information content (AvgIpc) is 2.74. The zero-order valence-electron chi connectivity index (χ0n) is 10.7. The predicted molar refractivity (Wildman–Crippen MR) is 78.6 cm³/mol. The van der Waals surface area contributed by atoms with E-state index in [1.54, 1.807) is 17.8 Å². The summed E-state index contributed by atoms with van der Waals surface area (Å²) in [6, 6.07) is 7.43. The van der Waals surface area contributed by atoms with Gasteiger partial charge in [0.15, 0.2) is 5.13 Å². The lowest BCUT2D eigenvalue weighted by atomic mass is 10.1. The van der Waals surface area contributed by atoms with E-state index in [0.29, 0.717) is 10.7 Å². The number of benzene rings is 1. The molecule has 2 rings (SSSR count). The summed E-state index contributed by atoms with van der Waals surface area (Å²) in [7, 11) is 1.38. The molecular weight excluding hydrogens is 280 g/mol. The van der Waals surface area contributed by atoms with Gasteiger partial charge in [-0.2, -0.15) is 0 Å². The molecule has 0 fully saturated rings. The SMILES string of the molecule is COC(=O)c1cccc(CSc2sc(N)nc2C)c1. The summed E-state index contributed by atoms with van der Waals surface area (Å²) in [6.45, 7) is 1.94. The molecule has 0 saturated heterocycles. The second-order valence-electron chi connectivity index (χ2n) is 3.91. The zero-order valence-corrected chi connectivity index (χ0v) is 12.3. The van der Waals surface area contributed by atoms with Gasteiger partial charge in [0, 0.05) is 5.75 Å². The minimum atomic E-state index is -0.315. The lowest BCUT2D eigenvalue weighted by Crippen LogP contribution is -2.01. The molecule has 1 aromatic carbocycles. The molecule has 0 atom stereocenters. The van der Waals surface area contributed by atoms with E-state index < -0.39 is 0 Å². The molecule has 0 aliphatic rings. The van der Waals surface area contributed by atoms with Gasteiger partial charge in [-0.15, -0.1) is 11.8 Å². The van der Waals surface area contributed by atoms with E-state index in [9.17, 15) is 4.79 Å². The molecule has 0 saturated carbocycles. The number of ether oxygens (including phenoxy) is 1. The lowest BCUT2D eigenvalue weighted by Gasteiger charge is -2.03. The molecule has 0 bridgehead atoms. The first kappa shape index (κ1) is 13.9. The van der Waals surface area contributed by atoms with Crippen LogP contribution in [0.1, 0.15) is 21.6 Å². The number of thioether (sulfide) groups is 1. The molecule has 4 nitrogen and oxygen atoms in total. The summed E-state index contributed by atoms with van der Waals surface area (Å²) in [5.41, 5.74) is 8.26. The van der Waals surface area contributed by atoms with Gasteiger partial charge in [-0.1, -0.05) is 23.5 Å². The van der Waals surface area contributed by atoms with Crippen LogP contribution in [0.4, 0.5) is 5.13 Å². The summed E-state index contributed by atoms with van der Waals surface area (Å²) >= 11 is 3.16. The van der Waals surface area contributed by atoms with Crippen molar-refractivity contribution in [1.29, 1.82) is 0 Å². The molecule has 2 aromatic rings. The van der Waals surface area contributed by atoms with E-state index in [-0.39, 0.29) is 5.97 Å². The van der Waals surface area contributed by atoms with Gasteiger partial charge in [-0.05, 0) is 24.6 Å². The Kier molecular flexibility index (Phi) is 4.44. The number of hydrogen-bond donors (Lipinski definition) is 1. The highest BCUT2D eigenvalue weighted by atomic mass is 32.2.